The van der Waals surface area contributed by atoms with E-state index in [9.17, 15) is 14.0 Å². The van der Waals surface area contributed by atoms with Crippen LogP contribution in [0.3, 0.4) is 0 Å². The molecule has 5 nitrogen and oxygen atoms in total. The molecule has 0 radical (unpaired) electrons. The van der Waals surface area contributed by atoms with Gasteiger partial charge in [-0.05, 0) is 49.1 Å². The van der Waals surface area contributed by atoms with Crippen LogP contribution in [0.4, 0.5) is 4.39 Å². The van der Waals surface area contributed by atoms with Crippen LogP contribution in [0.1, 0.15) is 50.2 Å². The van der Waals surface area contributed by atoms with Crippen LogP contribution in [-0.2, 0) is 21.9 Å². The topological polar surface area (TPSA) is 58.6 Å². The van der Waals surface area contributed by atoms with E-state index in [4.69, 9.17) is 4.74 Å². The van der Waals surface area contributed by atoms with Crippen LogP contribution >= 0.6 is 11.8 Å². The van der Waals surface area contributed by atoms with E-state index in [0.29, 0.717) is 23.6 Å². The Balaban J connectivity index is 1.68. The Morgan fingerprint density at radius 2 is 1.91 bits per heavy atom. The van der Waals surface area contributed by atoms with Gasteiger partial charge in [-0.25, -0.2) is 4.39 Å². The van der Waals surface area contributed by atoms with E-state index in [0.717, 1.165) is 31.2 Å². The summed E-state index contributed by atoms with van der Waals surface area (Å²) in [6.07, 6.45) is 5.43. The highest BCUT2D eigenvalue weighted by Crippen LogP contribution is 2.21. The predicted molar refractivity (Wildman–Crippen MR) is 131 cm³/mol. The first-order chi connectivity index (χ1) is 16.0. The predicted octanol–water partition coefficient (Wildman–Crippen LogP) is 4.93. The molecule has 1 unspecified atom stereocenters. The molecule has 1 saturated carbocycles. The minimum atomic E-state index is -0.611. The minimum absolute atomic E-state index is 0.128. The molecule has 0 heterocycles. The summed E-state index contributed by atoms with van der Waals surface area (Å²) in [6, 6.07) is 13.7. The largest absolute Gasteiger partial charge is 0.497 e. The molecule has 1 N–H and O–H groups in total. The van der Waals surface area contributed by atoms with Gasteiger partial charge in [-0.1, -0.05) is 49.6 Å². The van der Waals surface area contributed by atoms with Crippen LogP contribution in [0, 0.1) is 5.82 Å². The first-order valence-corrected chi connectivity index (χ1v) is 12.7. The molecule has 1 fully saturated rings. The molecule has 2 aromatic carbocycles. The van der Waals surface area contributed by atoms with Crippen LogP contribution in [-0.4, -0.2) is 41.7 Å². The van der Waals surface area contributed by atoms with Gasteiger partial charge in [0.15, 0.2) is 0 Å². The molecule has 1 aliphatic rings. The van der Waals surface area contributed by atoms with E-state index in [1.807, 2.05) is 24.3 Å². The van der Waals surface area contributed by atoms with Crippen molar-refractivity contribution in [2.24, 2.45) is 0 Å². The van der Waals surface area contributed by atoms with Crippen molar-refractivity contribution in [1.82, 2.24) is 10.2 Å². The zero-order valence-electron chi connectivity index (χ0n) is 19.4. The first-order valence-electron chi connectivity index (χ1n) is 11.5. The van der Waals surface area contributed by atoms with Gasteiger partial charge in [0.25, 0.3) is 0 Å². The summed E-state index contributed by atoms with van der Waals surface area (Å²) >= 11 is 1.35. The third-order valence-corrected chi connectivity index (χ3v) is 7.01. The molecular formula is C26H33FN2O3S. The molecule has 0 aliphatic heterocycles. The Kier molecular flexibility index (Phi) is 9.61. The fourth-order valence-electron chi connectivity index (χ4n) is 4.07. The van der Waals surface area contributed by atoms with Crippen LogP contribution in [0.25, 0.3) is 0 Å². The number of rotatable bonds is 10. The number of halogens is 1. The maximum Gasteiger partial charge on any atom is 0.242 e. The van der Waals surface area contributed by atoms with Gasteiger partial charge < -0.3 is 15.0 Å². The van der Waals surface area contributed by atoms with Crippen molar-refractivity contribution in [3.63, 3.8) is 0 Å². The fraction of sp³-hybridized carbons (Fsp3) is 0.462. The number of carbonyl (C=O) groups excluding carboxylic acids is 2. The summed E-state index contributed by atoms with van der Waals surface area (Å²) in [5.41, 5.74) is 1.46. The van der Waals surface area contributed by atoms with Gasteiger partial charge >= 0.3 is 0 Å². The van der Waals surface area contributed by atoms with Crippen LogP contribution in [0.2, 0.25) is 0 Å². The SMILES string of the molecule is COc1cccc(CN(C(=O)CSCc2ccccc2F)C(C)C(=O)NC2CCCCC2)c1. The summed E-state index contributed by atoms with van der Waals surface area (Å²) in [6.45, 7) is 2.08. The number of carbonyl (C=O) groups is 2. The number of ether oxygens (including phenoxy) is 1. The third kappa shape index (κ3) is 7.49. The molecule has 3 rings (SSSR count). The quantitative estimate of drug-likeness (QED) is 0.533. The van der Waals surface area contributed by atoms with Gasteiger partial charge in [-0.2, -0.15) is 0 Å². The van der Waals surface area contributed by atoms with Crippen molar-refractivity contribution in [3.05, 3.63) is 65.5 Å². The van der Waals surface area contributed by atoms with Gasteiger partial charge in [0.2, 0.25) is 11.8 Å². The average Bonchev–Trinajstić information content (AvgIpc) is 2.84. The maximum atomic E-state index is 13.9. The number of amides is 2. The maximum absolute atomic E-state index is 13.9. The van der Waals surface area contributed by atoms with Gasteiger partial charge in [0.05, 0.1) is 12.9 Å². The molecule has 178 valence electrons. The van der Waals surface area contributed by atoms with Crippen LogP contribution < -0.4 is 10.1 Å². The molecule has 2 aromatic rings. The number of nitrogens with one attached hydrogen (secondary N) is 1. The van der Waals surface area contributed by atoms with Crippen molar-refractivity contribution in [3.8, 4) is 5.75 Å². The minimum Gasteiger partial charge on any atom is -0.497 e. The summed E-state index contributed by atoms with van der Waals surface area (Å²) < 4.78 is 19.2. The molecular weight excluding hydrogens is 439 g/mol. The second-order valence-electron chi connectivity index (χ2n) is 8.48. The molecule has 0 spiro atoms. The second kappa shape index (κ2) is 12.6. The van der Waals surface area contributed by atoms with E-state index in [1.54, 1.807) is 37.1 Å². The van der Waals surface area contributed by atoms with Gasteiger partial charge in [0, 0.05) is 18.3 Å². The van der Waals surface area contributed by atoms with Gasteiger partial charge in [0.1, 0.15) is 17.6 Å². The van der Waals surface area contributed by atoms with Crippen molar-refractivity contribution < 1.29 is 18.7 Å². The highest BCUT2D eigenvalue weighted by atomic mass is 32.2. The number of hydrogen-bond acceptors (Lipinski definition) is 4. The first kappa shape index (κ1) is 25.1. The summed E-state index contributed by atoms with van der Waals surface area (Å²) in [7, 11) is 1.60. The highest BCUT2D eigenvalue weighted by Gasteiger charge is 2.28. The van der Waals surface area contributed by atoms with Crippen LogP contribution in [0.15, 0.2) is 48.5 Å². The Morgan fingerprint density at radius 3 is 2.64 bits per heavy atom. The molecule has 33 heavy (non-hydrogen) atoms. The zero-order chi connectivity index (χ0) is 23.6. The van der Waals surface area contributed by atoms with E-state index >= 15 is 0 Å². The average molecular weight is 473 g/mol. The van der Waals surface area contributed by atoms with Crippen molar-refractivity contribution >= 4 is 23.6 Å². The lowest BCUT2D eigenvalue weighted by molar-refractivity contribution is -0.139. The normalized spacial score (nSPS) is 15.0. The van der Waals surface area contributed by atoms with E-state index < -0.39 is 6.04 Å². The number of nitrogens with zero attached hydrogens (tertiary/aromatic N) is 1. The molecule has 2 amide bonds. The van der Waals surface area contributed by atoms with E-state index in [-0.39, 0.29) is 29.4 Å². The van der Waals surface area contributed by atoms with E-state index in [2.05, 4.69) is 5.32 Å². The smallest absolute Gasteiger partial charge is 0.242 e. The van der Waals surface area contributed by atoms with Crippen LogP contribution in [0.5, 0.6) is 5.75 Å². The summed E-state index contributed by atoms with van der Waals surface area (Å²) in [4.78, 5) is 27.9. The molecule has 0 aromatic heterocycles. The third-order valence-electron chi connectivity index (χ3n) is 6.05. The standard InChI is InChI=1S/C26H33FN2O3S/c1-19(26(31)28-22-11-4-3-5-12-22)29(16-20-9-8-13-23(15-20)32-2)25(30)18-33-17-21-10-6-7-14-24(21)27/h6-10,13-15,19,22H,3-5,11-12,16-18H2,1-2H3,(H,28,31). The highest BCUT2D eigenvalue weighted by molar-refractivity contribution is 7.99. The molecule has 1 atom stereocenters. The number of benzene rings is 2. The number of methoxy groups -OCH3 is 1. The van der Waals surface area contributed by atoms with Crippen molar-refractivity contribution in [2.45, 2.75) is 63.4 Å². The Morgan fingerprint density at radius 1 is 1.15 bits per heavy atom. The molecule has 0 saturated heterocycles. The molecule has 0 bridgehead atoms. The molecule has 1 aliphatic carbocycles. The molecule has 7 heteroatoms. The number of hydrogen-bond donors (Lipinski definition) is 1. The monoisotopic (exact) mass is 472 g/mol. The number of thioether (sulfide) groups is 1. The summed E-state index contributed by atoms with van der Waals surface area (Å²) in [5.74, 6) is 0.717. The van der Waals surface area contributed by atoms with Gasteiger partial charge in [-0.15, -0.1) is 11.8 Å². The zero-order valence-corrected chi connectivity index (χ0v) is 20.2. The van der Waals surface area contributed by atoms with Crippen molar-refractivity contribution in [2.75, 3.05) is 12.9 Å². The Labute approximate surface area is 200 Å². The van der Waals surface area contributed by atoms with Gasteiger partial charge in [-0.3, -0.25) is 9.59 Å². The van der Waals surface area contributed by atoms with Crippen molar-refractivity contribution in [1.29, 1.82) is 0 Å². The van der Waals surface area contributed by atoms with E-state index in [1.165, 1.54) is 24.2 Å². The Hall–Kier alpha value is -2.54. The Bertz CT molecular complexity index is 933. The summed E-state index contributed by atoms with van der Waals surface area (Å²) in [5, 5.41) is 3.14. The lowest BCUT2D eigenvalue weighted by Gasteiger charge is -2.31. The fourth-order valence-corrected chi connectivity index (χ4v) is 4.96. The lowest BCUT2D eigenvalue weighted by atomic mass is 9.95. The lowest BCUT2D eigenvalue weighted by Crippen LogP contribution is -2.50. The second-order valence-corrected chi connectivity index (χ2v) is 9.46.